The van der Waals surface area contributed by atoms with Crippen LogP contribution in [-0.4, -0.2) is 26.2 Å². The van der Waals surface area contributed by atoms with E-state index in [1.807, 2.05) is 0 Å². The Morgan fingerprint density at radius 3 is 2.67 bits per heavy atom. The van der Waals surface area contributed by atoms with Crippen molar-refractivity contribution in [2.24, 2.45) is 17.3 Å². The maximum Gasteiger partial charge on any atom is 0.000509 e. The van der Waals surface area contributed by atoms with Crippen LogP contribution in [0.4, 0.5) is 0 Å². The zero-order valence-electron chi connectivity index (χ0n) is 10.9. The summed E-state index contributed by atoms with van der Waals surface area (Å²) in [5.74, 6) is 1.59. The normalized spacial score (nSPS) is 23.4. The molecule has 1 aliphatic rings. The van der Waals surface area contributed by atoms with E-state index in [1.165, 1.54) is 32.5 Å². The zero-order valence-corrected chi connectivity index (χ0v) is 10.9. The van der Waals surface area contributed by atoms with Crippen molar-refractivity contribution in [1.29, 1.82) is 0 Å². The Balaban J connectivity index is 2.14. The molecule has 0 aromatic carbocycles. The van der Waals surface area contributed by atoms with Crippen molar-refractivity contribution < 1.29 is 0 Å². The van der Waals surface area contributed by atoms with Gasteiger partial charge in [-0.2, -0.15) is 0 Å². The highest BCUT2D eigenvalue weighted by molar-refractivity contribution is 4.77. The fraction of sp³-hybridized carbons (Fsp3) is 1.00. The molecular weight excluding hydrogens is 184 g/mol. The van der Waals surface area contributed by atoms with Gasteiger partial charge in [0.1, 0.15) is 0 Å². The smallest absolute Gasteiger partial charge is 0.000509 e. The molecule has 15 heavy (non-hydrogen) atoms. The van der Waals surface area contributed by atoms with Crippen LogP contribution >= 0.6 is 0 Å². The van der Waals surface area contributed by atoms with Crippen LogP contribution in [0, 0.1) is 17.3 Å². The third-order valence-corrected chi connectivity index (χ3v) is 3.98. The van der Waals surface area contributed by atoms with Crippen molar-refractivity contribution in [1.82, 2.24) is 10.6 Å². The maximum atomic E-state index is 3.64. The lowest BCUT2D eigenvalue weighted by atomic mass is 9.81. The first-order valence-electron chi connectivity index (χ1n) is 6.44. The Labute approximate surface area is 95.2 Å². The maximum absolute atomic E-state index is 3.64. The van der Waals surface area contributed by atoms with E-state index in [0.29, 0.717) is 5.41 Å². The first kappa shape index (κ1) is 13.0. The number of piperidine rings is 1. The second-order valence-corrected chi connectivity index (χ2v) is 5.99. The van der Waals surface area contributed by atoms with Gasteiger partial charge in [-0.05, 0) is 49.7 Å². The molecule has 1 saturated heterocycles. The van der Waals surface area contributed by atoms with E-state index in [9.17, 15) is 0 Å². The monoisotopic (exact) mass is 212 g/mol. The van der Waals surface area contributed by atoms with Gasteiger partial charge in [0.05, 0.1) is 0 Å². The van der Waals surface area contributed by atoms with Crippen LogP contribution in [0.25, 0.3) is 0 Å². The largest absolute Gasteiger partial charge is 0.316 e. The number of hydrogen-bond acceptors (Lipinski definition) is 2. The standard InChI is InChI=1S/C13H28N2/c1-11(2)13(3,4)10-15-9-12-6-5-7-14-8-12/h11-12,14-15H,5-10H2,1-4H3. The van der Waals surface area contributed by atoms with E-state index in [2.05, 4.69) is 38.3 Å². The molecule has 0 radical (unpaired) electrons. The van der Waals surface area contributed by atoms with Gasteiger partial charge < -0.3 is 10.6 Å². The van der Waals surface area contributed by atoms with Gasteiger partial charge in [0.15, 0.2) is 0 Å². The van der Waals surface area contributed by atoms with Crippen LogP contribution in [-0.2, 0) is 0 Å². The predicted octanol–water partition coefficient (Wildman–Crippen LogP) is 2.26. The lowest BCUT2D eigenvalue weighted by Gasteiger charge is -2.31. The number of hydrogen-bond donors (Lipinski definition) is 2. The summed E-state index contributed by atoms with van der Waals surface area (Å²) in [7, 11) is 0. The Hall–Kier alpha value is -0.0800. The molecule has 0 amide bonds. The van der Waals surface area contributed by atoms with Crippen LogP contribution in [0.3, 0.4) is 0 Å². The molecule has 0 aromatic heterocycles. The average Bonchev–Trinajstić information content (AvgIpc) is 2.19. The van der Waals surface area contributed by atoms with Gasteiger partial charge >= 0.3 is 0 Å². The zero-order chi connectivity index (χ0) is 11.3. The molecule has 1 rings (SSSR count). The summed E-state index contributed by atoms with van der Waals surface area (Å²) in [5.41, 5.74) is 0.419. The summed E-state index contributed by atoms with van der Waals surface area (Å²) in [6.45, 7) is 14.1. The molecule has 1 fully saturated rings. The Bertz CT molecular complexity index is 169. The van der Waals surface area contributed by atoms with Crippen molar-refractivity contribution in [2.45, 2.75) is 40.5 Å². The molecule has 90 valence electrons. The lowest BCUT2D eigenvalue weighted by molar-refractivity contribution is 0.229. The van der Waals surface area contributed by atoms with Gasteiger partial charge in [0, 0.05) is 6.54 Å². The van der Waals surface area contributed by atoms with Gasteiger partial charge in [-0.1, -0.05) is 27.7 Å². The fourth-order valence-corrected chi connectivity index (χ4v) is 1.90. The molecule has 1 unspecified atom stereocenters. The highest BCUT2D eigenvalue weighted by atomic mass is 14.9. The summed E-state index contributed by atoms with van der Waals surface area (Å²) in [4.78, 5) is 0. The van der Waals surface area contributed by atoms with E-state index in [1.54, 1.807) is 0 Å². The van der Waals surface area contributed by atoms with Crippen LogP contribution in [0.2, 0.25) is 0 Å². The highest BCUT2D eigenvalue weighted by Gasteiger charge is 2.22. The van der Waals surface area contributed by atoms with Gasteiger partial charge in [-0.25, -0.2) is 0 Å². The molecular formula is C13H28N2. The summed E-state index contributed by atoms with van der Waals surface area (Å²) < 4.78 is 0. The molecule has 0 aromatic rings. The topological polar surface area (TPSA) is 24.1 Å². The Morgan fingerprint density at radius 2 is 2.13 bits per heavy atom. The second-order valence-electron chi connectivity index (χ2n) is 5.99. The minimum atomic E-state index is 0.419. The Morgan fingerprint density at radius 1 is 1.40 bits per heavy atom. The van der Waals surface area contributed by atoms with Crippen molar-refractivity contribution in [2.75, 3.05) is 26.2 Å². The Kier molecular flexibility index (Phi) is 5.07. The molecule has 1 atom stereocenters. The van der Waals surface area contributed by atoms with Crippen LogP contribution in [0.5, 0.6) is 0 Å². The SMILES string of the molecule is CC(C)C(C)(C)CNCC1CCCNC1. The third kappa shape index (κ3) is 4.52. The van der Waals surface area contributed by atoms with Gasteiger partial charge in [0.2, 0.25) is 0 Å². The number of rotatable bonds is 5. The van der Waals surface area contributed by atoms with E-state index in [-0.39, 0.29) is 0 Å². The molecule has 0 aliphatic carbocycles. The van der Waals surface area contributed by atoms with Crippen molar-refractivity contribution in [3.63, 3.8) is 0 Å². The van der Waals surface area contributed by atoms with Crippen LogP contribution in [0.1, 0.15) is 40.5 Å². The lowest BCUT2D eigenvalue weighted by Crippen LogP contribution is -2.40. The average molecular weight is 212 g/mol. The minimum absolute atomic E-state index is 0.419. The van der Waals surface area contributed by atoms with Crippen molar-refractivity contribution >= 4 is 0 Å². The molecule has 1 heterocycles. The number of nitrogens with one attached hydrogen (secondary N) is 2. The minimum Gasteiger partial charge on any atom is -0.316 e. The fourth-order valence-electron chi connectivity index (χ4n) is 1.90. The van der Waals surface area contributed by atoms with Gasteiger partial charge in [-0.3, -0.25) is 0 Å². The first-order chi connectivity index (χ1) is 7.02. The molecule has 2 nitrogen and oxygen atoms in total. The van der Waals surface area contributed by atoms with Crippen LogP contribution in [0.15, 0.2) is 0 Å². The van der Waals surface area contributed by atoms with Crippen molar-refractivity contribution in [3.8, 4) is 0 Å². The van der Waals surface area contributed by atoms with Gasteiger partial charge in [-0.15, -0.1) is 0 Å². The summed E-state index contributed by atoms with van der Waals surface area (Å²) >= 11 is 0. The summed E-state index contributed by atoms with van der Waals surface area (Å²) in [6.07, 6.45) is 2.74. The molecule has 1 aliphatic heterocycles. The predicted molar refractivity (Wildman–Crippen MR) is 67.1 cm³/mol. The van der Waals surface area contributed by atoms with Crippen molar-refractivity contribution in [3.05, 3.63) is 0 Å². The first-order valence-corrected chi connectivity index (χ1v) is 6.44. The second kappa shape index (κ2) is 5.86. The van der Waals surface area contributed by atoms with Crippen LogP contribution < -0.4 is 10.6 Å². The van der Waals surface area contributed by atoms with E-state index in [0.717, 1.165) is 18.4 Å². The molecule has 0 bridgehead atoms. The summed E-state index contributed by atoms with van der Waals surface area (Å²) in [5, 5.41) is 7.10. The quantitative estimate of drug-likeness (QED) is 0.730. The molecule has 0 saturated carbocycles. The highest BCUT2D eigenvalue weighted by Crippen LogP contribution is 2.24. The van der Waals surface area contributed by atoms with E-state index < -0.39 is 0 Å². The molecule has 0 spiro atoms. The van der Waals surface area contributed by atoms with E-state index in [4.69, 9.17) is 0 Å². The molecule has 2 N–H and O–H groups in total. The van der Waals surface area contributed by atoms with E-state index >= 15 is 0 Å². The van der Waals surface area contributed by atoms with Gasteiger partial charge in [0.25, 0.3) is 0 Å². The summed E-state index contributed by atoms with van der Waals surface area (Å²) in [6, 6.07) is 0. The molecule has 2 heteroatoms. The third-order valence-electron chi connectivity index (χ3n) is 3.98.